The summed E-state index contributed by atoms with van der Waals surface area (Å²) in [5, 5.41) is 7.07. The molecular formula is C16H16ClFN2O2S. The molecule has 0 aliphatic rings. The van der Waals surface area contributed by atoms with Crippen LogP contribution in [0.4, 0.5) is 10.1 Å². The van der Waals surface area contributed by atoms with E-state index in [1.165, 1.54) is 29.5 Å². The van der Waals surface area contributed by atoms with Gasteiger partial charge in [0.1, 0.15) is 11.9 Å². The van der Waals surface area contributed by atoms with Gasteiger partial charge in [-0.1, -0.05) is 31.5 Å². The molecule has 2 amide bonds. The number of anilines is 1. The minimum atomic E-state index is -0.714. The lowest BCUT2D eigenvalue weighted by Crippen LogP contribution is -2.46. The fourth-order valence-electron chi connectivity index (χ4n) is 1.95. The Morgan fingerprint density at radius 1 is 1.26 bits per heavy atom. The second kappa shape index (κ2) is 7.57. The molecule has 1 aromatic heterocycles. The number of hydrogen-bond donors (Lipinski definition) is 2. The second-order valence-electron chi connectivity index (χ2n) is 5.29. The van der Waals surface area contributed by atoms with Gasteiger partial charge < -0.3 is 10.6 Å². The first-order chi connectivity index (χ1) is 10.9. The van der Waals surface area contributed by atoms with Crippen LogP contribution in [-0.4, -0.2) is 17.9 Å². The van der Waals surface area contributed by atoms with Crippen molar-refractivity contribution in [3.63, 3.8) is 0 Å². The van der Waals surface area contributed by atoms with Crippen LogP contribution >= 0.6 is 22.9 Å². The summed E-state index contributed by atoms with van der Waals surface area (Å²) in [6.45, 7) is 3.66. The number of thiophene rings is 1. The Morgan fingerprint density at radius 3 is 2.57 bits per heavy atom. The summed E-state index contributed by atoms with van der Waals surface area (Å²) in [4.78, 5) is 25.1. The molecule has 0 aliphatic carbocycles. The quantitative estimate of drug-likeness (QED) is 0.854. The Hall–Kier alpha value is -1.92. The molecule has 0 spiro atoms. The van der Waals surface area contributed by atoms with Gasteiger partial charge in [0.25, 0.3) is 5.91 Å². The van der Waals surface area contributed by atoms with E-state index < -0.39 is 11.9 Å². The number of nitrogens with one attached hydrogen (secondary N) is 2. The van der Waals surface area contributed by atoms with Gasteiger partial charge in [-0.15, -0.1) is 11.3 Å². The average molecular weight is 355 g/mol. The second-order valence-corrected chi connectivity index (χ2v) is 6.65. The van der Waals surface area contributed by atoms with Gasteiger partial charge in [0.05, 0.1) is 9.90 Å². The van der Waals surface area contributed by atoms with E-state index in [-0.39, 0.29) is 22.8 Å². The fraction of sp³-hybridized carbons (Fsp3) is 0.250. The summed E-state index contributed by atoms with van der Waals surface area (Å²) in [6, 6.07) is 6.66. The van der Waals surface area contributed by atoms with Crippen molar-refractivity contribution < 1.29 is 14.0 Å². The van der Waals surface area contributed by atoms with E-state index in [0.717, 1.165) is 0 Å². The molecule has 0 saturated carbocycles. The molecule has 0 radical (unpaired) electrons. The molecule has 23 heavy (non-hydrogen) atoms. The molecule has 2 rings (SSSR count). The topological polar surface area (TPSA) is 58.2 Å². The van der Waals surface area contributed by atoms with E-state index in [9.17, 15) is 14.0 Å². The summed E-state index contributed by atoms with van der Waals surface area (Å²) in [5.74, 6) is -1.36. The van der Waals surface area contributed by atoms with Crippen LogP contribution in [-0.2, 0) is 4.79 Å². The molecule has 1 unspecified atom stereocenters. The number of benzene rings is 1. The molecule has 0 fully saturated rings. The Kier molecular flexibility index (Phi) is 5.74. The van der Waals surface area contributed by atoms with E-state index in [2.05, 4.69) is 10.6 Å². The lowest BCUT2D eigenvalue weighted by atomic mass is 10.0. The Morgan fingerprint density at radius 2 is 2.00 bits per heavy atom. The minimum Gasteiger partial charge on any atom is -0.339 e. The van der Waals surface area contributed by atoms with E-state index in [1.807, 2.05) is 13.8 Å². The zero-order chi connectivity index (χ0) is 17.0. The van der Waals surface area contributed by atoms with Gasteiger partial charge in [0.15, 0.2) is 0 Å². The summed E-state index contributed by atoms with van der Waals surface area (Å²) < 4.78 is 13.2. The van der Waals surface area contributed by atoms with Crippen LogP contribution in [0.5, 0.6) is 0 Å². The molecule has 4 nitrogen and oxygen atoms in total. The summed E-state index contributed by atoms with van der Waals surface area (Å²) in [6.07, 6.45) is 0. The molecule has 0 saturated heterocycles. The van der Waals surface area contributed by atoms with Crippen LogP contribution < -0.4 is 10.6 Å². The monoisotopic (exact) mass is 354 g/mol. The van der Waals surface area contributed by atoms with Crippen LogP contribution in [0.1, 0.15) is 23.5 Å². The number of carbonyl (C=O) groups excluding carboxylic acids is 2. The number of halogens is 2. The highest BCUT2D eigenvalue weighted by Crippen LogP contribution is 2.20. The average Bonchev–Trinajstić information content (AvgIpc) is 3.02. The molecule has 0 aliphatic heterocycles. The molecular weight excluding hydrogens is 339 g/mol. The summed E-state index contributed by atoms with van der Waals surface area (Å²) >= 11 is 7.00. The number of amides is 2. The van der Waals surface area contributed by atoms with E-state index >= 15 is 0 Å². The van der Waals surface area contributed by atoms with Crippen molar-refractivity contribution in [3.8, 4) is 0 Å². The van der Waals surface area contributed by atoms with Crippen LogP contribution in [0, 0.1) is 11.7 Å². The molecule has 1 atom stereocenters. The largest absolute Gasteiger partial charge is 0.339 e. The molecule has 1 heterocycles. The standard InChI is InChI=1S/C16H16ClFN2O2S/c1-9(2)14(20-15(21)13-4-3-7-23-13)16(22)19-10-5-6-12(18)11(17)8-10/h3-9,14H,1-2H3,(H,19,22)(H,20,21). The molecule has 0 bridgehead atoms. The van der Waals surface area contributed by atoms with Crippen molar-refractivity contribution in [2.45, 2.75) is 19.9 Å². The Labute approximate surface area is 142 Å². The zero-order valence-electron chi connectivity index (χ0n) is 12.6. The van der Waals surface area contributed by atoms with Gasteiger partial charge in [-0.2, -0.15) is 0 Å². The van der Waals surface area contributed by atoms with Crippen molar-refractivity contribution in [1.29, 1.82) is 0 Å². The van der Waals surface area contributed by atoms with Gasteiger partial charge in [-0.05, 0) is 35.6 Å². The maximum absolute atomic E-state index is 13.2. The minimum absolute atomic E-state index is 0.0773. The third-order valence-electron chi connectivity index (χ3n) is 3.17. The van der Waals surface area contributed by atoms with Crippen LogP contribution in [0.15, 0.2) is 35.7 Å². The first kappa shape index (κ1) is 17.4. The lowest BCUT2D eigenvalue weighted by Gasteiger charge is -2.21. The van der Waals surface area contributed by atoms with Gasteiger partial charge in [-0.25, -0.2) is 4.39 Å². The fourth-order valence-corrected chi connectivity index (χ4v) is 2.76. The van der Waals surface area contributed by atoms with Crippen molar-refractivity contribution in [2.75, 3.05) is 5.32 Å². The Bertz CT molecular complexity index is 704. The lowest BCUT2D eigenvalue weighted by molar-refractivity contribution is -0.118. The van der Waals surface area contributed by atoms with Crippen LogP contribution in [0.2, 0.25) is 5.02 Å². The van der Waals surface area contributed by atoms with Crippen molar-refractivity contribution >= 4 is 40.4 Å². The first-order valence-electron chi connectivity index (χ1n) is 6.98. The molecule has 7 heteroatoms. The smallest absolute Gasteiger partial charge is 0.262 e. The number of hydrogen-bond acceptors (Lipinski definition) is 3. The van der Waals surface area contributed by atoms with Crippen molar-refractivity contribution in [1.82, 2.24) is 5.32 Å². The highest BCUT2D eigenvalue weighted by atomic mass is 35.5. The van der Waals surface area contributed by atoms with Gasteiger partial charge in [0.2, 0.25) is 5.91 Å². The molecule has 1 aromatic carbocycles. The molecule has 122 valence electrons. The van der Waals surface area contributed by atoms with E-state index in [1.54, 1.807) is 17.5 Å². The van der Waals surface area contributed by atoms with Crippen molar-refractivity contribution in [2.24, 2.45) is 5.92 Å². The van der Waals surface area contributed by atoms with E-state index in [4.69, 9.17) is 11.6 Å². The maximum atomic E-state index is 13.2. The SMILES string of the molecule is CC(C)C(NC(=O)c1cccs1)C(=O)Nc1ccc(F)c(Cl)c1. The van der Waals surface area contributed by atoms with E-state index in [0.29, 0.717) is 10.6 Å². The van der Waals surface area contributed by atoms with Gasteiger partial charge in [0, 0.05) is 5.69 Å². The predicted molar refractivity (Wildman–Crippen MR) is 90.5 cm³/mol. The zero-order valence-corrected chi connectivity index (χ0v) is 14.2. The molecule has 2 N–H and O–H groups in total. The van der Waals surface area contributed by atoms with Gasteiger partial charge in [-0.3, -0.25) is 9.59 Å². The summed E-state index contributed by atoms with van der Waals surface area (Å²) in [5.41, 5.74) is 0.373. The molecule has 2 aromatic rings. The van der Waals surface area contributed by atoms with Gasteiger partial charge >= 0.3 is 0 Å². The normalized spacial score (nSPS) is 12.0. The first-order valence-corrected chi connectivity index (χ1v) is 8.24. The number of rotatable bonds is 5. The van der Waals surface area contributed by atoms with Crippen molar-refractivity contribution in [3.05, 3.63) is 51.4 Å². The maximum Gasteiger partial charge on any atom is 0.262 e. The third kappa shape index (κ3) is 4.53. The highest BCUT2D eigenvalue weighted by Gasteiger charge is 2.25. The predicted octanol–water partition coefficient (Wildman–Crippen LogP) is 3.93. The van der Waals surface area contributed by atoms with Crippen LogP contribution in [0.3, 0.4) is 0 Å². The number of carbonyl (C=O) groups is 2. The summed E-state index contributed by atoms with van der Waals surface area (Å²) in [7, 11) is 0. The van der Waals surface area contributed by atoms with Crippen LogP contribution in [0.25, 0.3) is 0 Å². The Balaban J connectivity index is 2.09. The highest BCUT2D eigenvalue weighted by molar-refractivity contribution is 7.12. The third-order valence-corrected chi connectivity index (χ3v) is 4.33.